The molecule has 0 aromatic carbocycles. The maximum absolute atomic E-state index is 12.0. The summed E-state index contributed by atoms with van der Waals surface area (Å²) in [6.45, 7) is 0. The van der Waals surface area contributed by atoms with Gasteiger partial charge in [0.2, 0.25) is 5.82 Å². The van der Waals surface area contributed by atoms with Gasteiger partial charge in [-0.15, -0.1) is 10.2 Å². The Labute approximate surface area is 118 Å². The molecule has 2 aromatic heterocycles. The zero-order chi connectivity index (χ0) is 15.5. The van der Waals surface area contributed by atoms with Gasteiger partial charge in [-0.1, -0.05) is 0 Å². The molecule has 1 amide bonds. The van der Waals surface area contributed by atoms with Crippen LogP contribution in [0.3, 0.4) is 0 Å². The number of amides is 1. The van der Waals surface area contributed by atoms with E-state index in [1.165, 1.54) is 6.20 Å². The Kier molecular flexibility index (Phi) is 4.25. The second-order valence-electron chi connectivity index (χ2n) is 3.76. The molecule has 0 atom stereocenters. The van der Waals surface area contributed by atoms with Gasteiger partial charge in [-0.05, 0) is 17.3 Å². The number of aromatic amines is 1. The molecule has 13 heteroatoms. The Bertz CT molecular complexity index is 733. The van der Waals surface area contributed by atoms with Gasteiger partial charge >= 0.3 is 12.4 Å². The van der Waals surface area contributed by atoms with Crippen LogP contribution < -0.4 is 5.32 Å². The number of hydrogen-bond acceptors (Lipinski definition) is 9. The third-order valence-corrected chi connectivity index (χ3v) is 3.80. The molecule has 110 valence electrons. The SMILES string of the molecule is O=C(NCB(O)O)S(=O)(=O)c1ccnc(-c2nn[nH]n2)c1. The standard InChI is InChI=1S/C8H9BN6O5S/c16-8(11-4-9(17)18)21(19,20)5-1-2-10-6(3-5)7-12-14-15-13-7/h1-3,17-18H,4H2,(H,11,16)(H,12,13,14,15). The van der Waals surface area contributed by atoms with E-state index in [-0.39, 0.29) is 16.4 Å². The summed E-state index contributed by atoms with van der Waals surface area (Å²) in [6.07, 6.45) is 0.563. The first-order valence-corrected chi connectivity index (χ1v) is 6.98. The first-order valence-electron chi connectivity index (χ1n) is 5.50. The highest BCUT2D eigenvalue weighted by molar-refractivity contribution is 8.06. The number of carbonyl (C=O) groups excluding carboxylic acids is 1. The van der Waals surface area contributed by atoms with Crippen LogP contribution in [-0.4, -0.2) is 62.9 Å². The molecule has 0 fully saturated rings. The molecule has 2 rings (SSSR count). The van der Waals surface area contributed by atoms with Gasteiger partial charge in [0, 0.05) is 6.20 Å². The normalized spacial score (nSPS) is 11.1. The maximum Gasteiger partial charge on any atom is 0.472 e. The van der Waals surface area contributed by atoms with E-state index in [0.29, 0.717) is 0 Å². The van der Waals surface area contributed by atoms with Gasteiger partial charge in [0.15, 0.2) is 0 Å². The number of tetrazole rings is 1. The summed E-state index contributed by atoms with van der Waals surface area (Å²) in [5.74, 6) is 0.0678. The van der Waals surface area contributed by atoms with Crippen molar-refractivity contribution in [3.63, 3.8) is 0 Å². The van der Waals surface area contributed by atoms with Crippen LogP contribution >= 0.6 is 0 Å². The van der Waals surface area contributed by atoms with Crippen LogP contribution in [-0.2, 0) is 9.84 Å². The first-order chi connectivity index (χ1) is 9.91. The number of rotatable bonds is 4. The fourth-order valence-corrected chi connectivity index (χ4v) is 2.34. The highest BCUT2D eigenvalue weighted by Gasteiger charge is 2.26. The second-order valence-corrected chi connectivity index (χ2v) is 5.61. The summed E-state index contributed by atoms with van der Waals surface area (Å²) >= 11 is 0. The van der Waals surface area contributed by atoms with Crippen LogP contribution in [0, 0.1) is 0 Å². The molecule has 0 spiro atoms. The van der Waals surface area contributed by atoms with Crippen molar-refractivity contribution < 1.29 is 23.3 Å². The lowest BCUT2D eigenvalue weighted by Crippen LogP contribution is -2.37. The third-order valence-electron chi connectivity index (χ3n) is 2.29. The molecule has 0 aliphatic rings. The van der Waals surface area contributed by atoms with Crippen LogP contribution in [0.5, 0.6) is 0 Å². The van der Waals surface area contributed by atoms with E-state index in [9.17, 15) is 13.2 Å². The Morgan fingerprint density at radius 1 is 1.43 bits per heavy atom. The van der Waals surface area contributed by atoms with Crippen molar-refractivity contribution in [3.05, 3.63) is 18.3 Å². The van der Waals surface area contributed by atoms with Gasteiger partial charge < -0.3 is 15.4 Å². The molecule has 4 N–H and O–H groups in total. The molecule has 2 heterocycles. The molecule has 0 aliphatic carbocycles. The molecular weight excluding hydrogens is 303 g/mol. The summed E-state index contributed by atoms with van der Waals surface area (Å²) in [7, 11) is -6.20. The van der Waals surface area contributed by atoms with Gasteiger partial charge in [-0.3, -0.25) is 9.78 Å². The number of nitrogens with one attached hydrogen (secondary N) is 2. The molecule has 0 aliphatic heterocycles. The van der Waals surface area contributed by atoms with Crippen molar-refractivity contribution in [2.45, 2.75) is 4.90 Å². The predicted octanol–water partition coefficient (Wildman–Crippen LogP) is -2.24. The number of hydrogen-bond donors (Lipinski definition) is 4. The lowest BCUT2D eigenvalue weighted by Gasteiger charge is -2.06. The highest BCUT2D eigenvalue weighted by Crippen LogP contribution is 2.17. The second kappa shape index (κ2) is 5.95. The number of H-pyrrole nitrogens is 1. The van der Waals surface area contributed by atoms with Crippen molar-refractivity contribution in [2.24, 2.45) is 0 Å². The molecule has 0 saturated heterocycles. The Balaban J connectivity index is 2.28. The average molecular weight is 312 g/mol. The molecule has 0 saturated carbocycles. The van der Waals surface area contributed by atoms with Crippen molar-refractivity contribution in [3.8, 4) is 11.5 Å². The van der Waals surface area contributed by atoms with E-state index in [1.807, 2.05) is 5.32 Å². The molecule has 2 aromatic rings. The van der Waals surface area contributed by atoms with Gasteiger partial charge in [-0.2, -0.15) is 5.21 Å². The number of nitrogens with zero attached hydrogens (tertiary/aromatic N) is 4. The summed E-state index contributed by atoms with van der Waals surface area (Å²) in [4.78, 5) is 15.1. The topological polar surface area (TPSA) is 171 Å². The van der Waals surface area contributed by atoms with E-state index >= 15 is 0 Å². The molecule has 0 unspecified atom stereocenters. The van der Waals surface area contributed by atoms with Crippen LogP contribution in [0.15, 0.2) is 23.2 Å². The van der Waals surface area contributed by atoms with E-state index in [1.54, 1.807) is 0 Å². The zero-order valence-corrected chi connectivity index (χ0v) is 11.1. The fraction of sp³-hybridized carbons (Fsp3) is 0.125. The quantitative estimate of drug-likeness (QED) is 0.455. The minimum Gasteiger partial charge on any atom is -0.426 e. The van der Waals surface area contributed by atoms with Crippen LogP contribution in [0.25, 0.3) is 11.5 Å². The molecular formula is C8H9BN6O5S. The van der Waals surface area contributed by atoms with Gasteiger partial charge in [-0.25, -0.2) is 8.42 Å². The smallest absolute Gasteiger partial charge is 0.426 e. The lowest BCUT2D eigenvalue weighted by atomic mass is 9.93. The van der Waals surface area contributed by atoms with Crippen molar-refractivity contribution in [1.29, 1.82) is 0 Å². The van der Waals surface area contributed by atoms with Gasteiger partial charge in [0.25, 0.3) is 9.84 Å². The molecule has 0 bridgehead atoms. The van der Waals surface area contributed by atoms with Gasteiger partial charge in [0.1, 0.15) is 5.69 Å². The largest absolute Gasteiger partial charge is 0.472 e. The van der Waals surface area contributed by atoms with E-state index in [2.05, 4.69) is 25.6 Å². The monoisotopic (exact) mass is 312 g/mol. The number of pyridine rings is 1. The average Bonchev–Trinajstić information content (AvgIpc) is 2.99. The number of carbonyl (C=O) groups is 1. The van der Waals surface area contributed by atoms with E-state index in [0.717, 1.165) is 12.1 Å². The van der Waals surface area contributed by atoms with Crippen molar-refractivity contribution in [2.75, 3.05) is 6.44 Å². The molecule has 0 radical (unpaired) electrons. The fourth-order valence-electron chi connectivity index (χ4n) is 1.35. The van der Waals surface area contributed by atoms with Crippen LogP contribution in [0.2, 0.25) is 0 Å². The number of aromatic nitrogens is 5. The lowest BCUT2D eigenvalue weighted by molar-refractivity contribution is 0.258. The Hall–Kier alpha value is -2.38. The summed E-state index contributed by atoms with van der Waals surface area (Å²) in [5, 5.41) is 30.5. The van der Waals surface area contributed by atoms with Crippen molar-refractivity contribution >= 4 is 22.2 Å². The zero-order valence-electron chi connectivity index (χ0n) is 10.3. The number of sulfone groups is 1. The third kappa shape index (κ3) is 3.39. The summed E-state index contributed by atoms with van der Waals surface area (Å²) in [6, 6.07) is 2.23. The Morgan fingerprint density at radius 2 is 2.19 bits per heavy atom. The molecule has 21 heavy (non-hydrogen) atoms. The maximum atomic E-state index is 12.0. The first kappa shape index (κ1) is 15.0. The summed E-state index contributed by atoms with van der Waals surface area (Å²) < 4.78 is 24.0. The van der Waals surface area contributed by atoms with Crippen LogP contribution in [0.1, 0.15) is 0 Å². The van der Waals surface area contributed by atoms with Crippen LogP contribution in [0.4, 0.5) is 4.79 Å². The summed E-state index contributed by atoms with van der Waals surface area (Å²) in [5.41, 5.74) is 0.111. The minimum atomic E-state index is -4.35. The minimum absolute atomic E-state index is 0.0678. The van der Waals surface area contributed by atoms with E-state index in [4.69, 9.17) is 10.0 Å². The molecule has 11 nitrogen and oxygen atoms in total. The highest BCUT2D eigenvalue weighted by atomic mass is 32.2. The van der Waals surface area contributed by atoms with Gasteiger partial charge in [0.05, 0.1) is 11.3 Å². The Morgan fingerprint density at radius 3 is 2.81 bits per heavy atom. The van der Waals surface area contributed by atoms with E-state index < -0.39 is 28.6 Å². The predicted molar refractivity (Wildman–Crippen MR) is 68.2 cm³/mol. The van der Waals surface area contributed by atoms with Crippen molar-refractivity contribution in [1.82, 2.24) is 30.9 Å².